The Kier molecular flexibility index (Phi) is 3.64. The van der Waals surface area contributed by atoms with E-state index in [2.05, 4.69) is 5.32 Å². The highest BCUT2D eigenvalue weighted by molar-refractivity contribution is 5.91. The fraction of sp³-hybridized carbons (Fsp3) is 0.462. The first-order chi connectivity index (χ1) is 8.24. The van der Waals surface area contributed by atoms with Gasteiger partial charge in [-0.05, 0) is 31.1 Å². The summed E-state index contributed by atoms with van der Waals surface area (Å²) >= 11 is 0. The van der Waals surface area contributed by atoms with Gasteiger partial charge in [0.05, 0.1) is 11.8 Å². The summed E-state index contributed by atoms with van der Waals surface area (Å²) in [5.74, 6) is 0.571. The van der Waals surface area contributed by atoms with Gasteiger partial charge in [-0.2, -0.15) is 0 Å². The molecule has 1 aliphatic rings. The van der Waals surface area contributed by atoms with Gasteiger partial charge >= 0.3 is 0 Å². The molecule has 1 aliphatic carbocycles. The third-order valence-electron chi connectivity index (χ3n) is 3.28. The van der Waals surface area contributed by atoms with Crippen LogP contribution in [-0.2, 0) is 4.79 Å². The van der Waals surface area contributed by atoms with E-state index >= 15 is 0 Å². The Morgan fingerprint density at radius 1 is 1.53 bits per heavy atom. The predicted octanol–water partition coefficient (Wildman–Crippen LogP) is 1.68. The van der Waals surface area contributed by atoms with E-state index in [1.165, 1.54) is 6.08 Å². The minimum absolute atomic E-state index is 0.103. The molecule has 0 spiro atoms. The second-order valence-corrected chi connectivity index (χ2v) is 4.53. The van der Waals surface area contributed by atoms with Crippen LogP contribution in [0.1, 0.15) is 31.4 Å². The van der Waals surface area contributed by atoms with Crippen molar-refractivity contribution in [1.29, 1.82) is 0 Å². The molecule has 1 fully saturated rings. The lowest BCUT2D eigenvalue weighted by Crippen LogP contribution is -2.51. The molecule has 0 radical (unpaired) electrons. The standard InChI is InChI=1S/C13H18N2O2/c14-10-13(7-1-2-8-13)15-12(16)6-5-11-4-3-9-17-11/h3-6,9H,1-2,7-8,10,14H2,(H,15,16). The zero-order valence-electron chi connectivity index (χ0n) is 9.82. The highest BCUT2D eigenvalue weighted by Gasteiger charge is 2.33. The second kappa shape index (κ2) is 5.19. The molecule has 3 N–H and O–H groups in total. The van der Waals surface area contributed by atoms with Gasteiger partial charge in [-0.3, -0.25) is 4.79 Å². The van der Waals surface area contributed by atoms with E-state index in [-0.39, 0.29) is 11.4 Å². The van der Waals surface area contributed by atoms with Gasteiger partial charge in [-0.15, -0.1) is 0 Å². The first kappa shape index (κ1) is 11.9. The predicted molar refractivity (Wildman–Crippen MR) is 66.1 cm³/mol. The maximum absolute atomic E-state index is 11.8. The number of carbonyl (C=O) groups excluding carboxylic acids is 1. The Morgan fingerprint density at radius 3 is 2.88 bits per heavy atom. The molecule has 0 aromatic carbocycles. The maximum atomic E-state index is 11.8. The molecular formula is C13H18N2O2. The smallest absolute Gasteiger partial charge is 0.244 e. The van der Waals surface area contributed by atoms with Crippen LogP contribution in [0.5, 0.6) is 0 Å². The molecule has 1 heterocycles. The van der Waals surface area contributed by atoms with Crippen LogP contribution in [0.2, 0.25) is 0 Å². The number of hydrogen-bond acceptors (Lipinski definition) is 3. The van der Waals surface area contributed by atoms with Crippen molar-refractivity contribution in [3.8, 4) is 0 Å². The SMILES string of the molecule is NCC1(NC(=O)C=Cc2ccco2)CCCC1. The van der Waals surface area contributed by atoms with Crippen molar-refractivity contribution in [3.05, 3.63) is 30.2 Å². The second-order valence-electron chi connectivity index (χ2n) is 4.53. The Morgan fingerprint density at radius 2 is 2.29 bits per heavy atom. The number of nitrogens with two attached hydrogens (primary N) is 1. The van der Waals surface area contributed by atoms with Crippen molar-refractivity contribution in [2.24, 2.45) is 5.73 Å². The van der Waals surface area contributed by atoms with Crippen LogP contribution in [0.15, 0.2) is 28.9 Å². The highest BCUT2D eigenvalue weighted by Crippen LogP contribution is 2.28. The van der Waals surface area contributed by atoms with E-state index in [4.69, 9.17) is 10.2 Å². The number of amides is 1. The highest BCUT2D eigenvalue weighted by atomic mass is 16.3. The average molecular weight is 234 g/mol. The number of carbonyl (C=O) groups is 1. The van der Waals surface area contributed by atoms with Gasteiger partial charge in [0.1, 0.15) is 5.76 Å². The molecule has 4 nitrogen and oxygen atoms in total. The van der Waals surface area contributed by atoms with E-state index in [0.29, 0.717) is 12.3 Å². The minimum Gasteiger partial charge on any atom is -0.465 e. The molecule has 0 aliphatic heterocycles. The monoisotopic (exact) mass is 234 g/mol. The Bertz CT molecular complexity index is 390. The third-order valence-corrected chi connectivity index (χ3v) is 3.28. The Labute approximate surface area is 101 Å². The van der Waals surface area contributed by atoms with Crippen LogP contribution in [0.25, 0.3) is 6.08 Å². The number of nitrogens with one attached hydrogen (secondary N) is 1. The van der Waals surface area contributed by atoms with Crippen LogP contribution in [0.4, 0.5) is 0 Å². The molecule has 1 saturated carbocycles. The normalized spacial score (nSPS) is 18.6. The van der Waals surface area contributed by atoms with Crippen LogP contribution >= 0.6 is 0 Å². The van der Waals surface area contributed by atoms with E-state index in [9.17, 15) is 4.79 Å². The fourth-order valence-electron chi connectivity index (χ4n) is 2.28. The summed E-state index contributed by atoms with van der Waals surface area (Å²) in [6.45, 7) is 0.507. The number of hydrogen-bond donors (Lipinski definition) is 2. The molecule has 1 amide bonds. The van der Waals surface area contributed by atoms with E-state index in [1.807, 2.05) is 0 Å². The third kappa shape index (κ3) is 2.97. The van der Waals surface area contributed by atoms with E-state index in [0.717, 1.165) is 25.7 Å². The molecule has 0 saturated heterocycles. The van der Waals surface area contributed by atoms with Gasteiger partial charge in [-0.1, -0.05) is 12.8 Å². The summed E-state index contributed by atoms with van der Waals surface area (Å²) in [5.41, 5.74) is 5.56. The van der Waals surface area contributed by atoms with Crippen molar-refractivity contribution >= 4 is 12.0 Å². The molecular weight excluding hydrogens is 216 g/mol. The van der Waals surface area contributed by atoms with Gasteiger partial charge < -0.3 is 15.5 Å². The van der Waals surface area contributed by atoms with E-state index in [1.54, 1.807) is 24.5 Å². The molecule has 1 aromatic rings. The Balaban J connectivity index is 1.92. The molecule has 92 valence electrons. The molecule has 2 rings (SSSR count). The van der Waals surface area contributed by atoms with Gasteiger partial charge in [0.25, 0.3) is 0 Å². The molecule has 17 heavy (non-hydrogen) atoms. The minimum atomic E-state index is -0.190. The van der Waals surface area contributed by atoms with Crippen LogP contribution in [0, 0.1) is 0 Å². The number of furan rings is 1. The van der Waals surface area contributed by atoms with Gasteiger partial charge in [-0.25, -0.2) is 0 Å². The lowest BCUT2D eigenvalue weighted by Gasteiger charge is -2.27. The maximum Gasteiger partial charge on any atom is 0.244 e. The number of rotatable bonds is 4. The molecule has 4 heteroatoms. The summed E-state index contributed by atoms with van der Waals surface area (Å²) in [4.78, 5) is 11.8. The van der Waals surface area contributed by atoms with Crippen molar-refractivity contribution in [1.82, 2.24) is 5.32 Å². The van der Waals surface area contributed by atoms with Crippen molar-refractivity contribution in [2.45, 2.75) is 31.2 Å². The lowest BCUT2D eigenvalue weighted by atomic mass is 9.98. The summed E-state index contributed by atoms with van der Waals surface area (Å²) in [6.07, 6.45) is 8.96. The lowest BCUT2D eigenvalue weighted by molar-refractivity contribution is -0.118. The van der Waals surface area contributed by atoms with Gasteiger partial charge in [0, 0.05) is 12.6 Å². The van der Waals surface area contributed by atoms with Crippen LogP contribution in [-0.4, -0.2) is 18.0 Å². The van der Waals surface area contributed by atoms with Crippen molar-refractivity contribution in [2.75, 3.05) is 6.54 Å². The summed E-state index contributed by atoms with van der Waals surface area (Å²) in [6, 6.07) is 3.59. The first-order valence-electron chi connectivity index (χ1n) is 5.98. The van der Waals surface area contributed by atoms with Crippen molar-refractivity contribution in [3.63, 3.8) is 0 Å². The van der Waals surface area contributed by atoms with Crippen LogP contribution in [0.3, 0.4) is 0 Å². The molecule has 0 unspecified atom stereocenters. The summed E-state index contributed by atoms with van der Waals surface area (Å²) in [5, 5.41) is 3.01. The molecule has 0 atom stereocenters. The molecule has 1 aromatic heterocycles. The van der Waals surface area contributed by atoms with Crippen molar-refractivity contribution < 1.29 is 9.21 Å². The largest absolute Gasteiger partial charge is 0.465 e. The van der Waals surface area contributed by atoms with Crippen LogP contribution < -0.4 is 11.1 Å². The van der Waals surface area contributed by atoms with Gasteiger partial charge in [0.2, 0.25) is 5.91 Å². The van der Waals surface area contributed by atoms with Gasteiger partial charge in [0.15, 0.2) is 0 Å². The summed E-state index contributed by atoms with van der Waals surface area (Å²) < 4.78 is 5.11. The zero-order chi connectivity index (χ0) is 12.1. The first-order valence-corrected chi connectivity index (χ1v) is 5.98. The topological polar surface area (TPSA) is 68.3 Å². The zero-order valence-corrected chi connectivity index (χ0v) is 9.82. The quantitative estimate of drug-likeness (QED) is 0.779. The van der Waals surface area contributed by atoms with E-state index < -0.39 is 0 Å². The Hall–Kier alpha value is -1.55. The summed E-state index contributed by atoms with van der Waals surface area (Å²) in [7, 11) is 0. The average Bonchev–Trinajstić information content (AvgIpc) is 2.98. The fourth-order valence-corrected chi connectivity index (χ4v) is 2.28. The molecule has 0 bridgehead atoms.